The monoisotopic (exact) mass is 241 g/mol. The molecule has 0 radical (unpaired) electrons. The van der Waals surface area contributed by atoms with E-state index in [2.05, 4.69) is 11.4 Å². The van der Waals surface area contributed by atoms with Crippen LogP contribution in [0.3, 0.4) is 0 Å². The van der Waals surface area contributed by atoms with Gasteiger partial charge in [-0.05, 0) is 24.3 Å². The maximum atomic E-state index is 5.70. The quantitative estimate of drug-likeness (QED) is 0.778. The van der Waals surface area contributed by atoms with Crippen LogP contribution in [0.4, 0.5) is 0 Å². The summed E-state index contributed by atoms with van der Waals surface area (Å²) in [5.41, 5.74) is 5.84. The van der Waals surface area contributed by atoms with E-state index in [0.717, 1.165) is 19.6 Å². The van der Waals surface area contributed by atoms with E-state index >= 15 is 0 Å². The van der Waals surface area contributed by atoms with E-state index in [9.17, 15) is 0 Å². The summed E-state index contributed by atoms with van der Waals surface area (Å²) in [6.07, 6.45) is 3.25. The first kappa shape index (κ1) is 11.0. The van der Waals surface area contributed by atoms with E-state index in [0.29, 0.717) is 4.99 Å². The van der Waals surface area contributed by atoms with Gasteiger partial charge in [0.2, 0.25) is 0 Å². The lowest BCUT2D eigenvalue weighted by Crippen LogP contribution is -2.19. The lowest BCUT2D eigenvalue weighted by Gasteiger charge is -2.13. The van der Waals surface area contributed by atoms with Crippen molar-refractivity contribution in [2.45, 2.75) is 25.9 Å². The van der Waals surface area contributed by atoms with Crippen molar-refractivity contribution >= 4 is 28.5 Å². The Kier molecular flexibility index (Phi) is 3.38. The molecule has 0 aliphatic heterocycles. The lowest BCUT2D eigenvalue weighted by atomic mass is 10.0. The fourth-order valence-electron chi connectivity index (χ4n) is 1.68. The molecule has 2 rings (SSSR count). The molecule has 1 fully saturated rings. The predicted octanol–water partition coefficient (Wildman–Crippen LogP) is 2.72. The van der Waals surface area contributed by atoms with Crippen molar-refractivity contribution in [1.82, 2.24) is 0 Å². The molecule has 1 heterocycles. The first-order valence-electron chi connectivity index (χ1n) is 5.09. The summed E-state index contributed by atoms with van der Waals surface area (Å²) in [5, 5.41) is 2.07. The van der Waals surface area contributed by atoms with E-state index < -0.39 is 0 Å². The molecule has 82 valence electrons. The van der Waals surface area contributed by atoms with Crippen LogP contribution in [0, 0.1) is 5.41 Å². The zero-order valence-corrected chi connectivity index (χ0v) is 10.2. The van der Waals surface area contributed by atoms with Gasteiger partial charge in [-0.2, -0.15) is 0 Å². The molecule has 2 N–H and O–H groups in total. The van der Waals surface area contributed by atoms with Gasteiger partial charge in [0.25, 0.3) is 0 Å². The topological polar surface area (TPSA) is 35.2 Å². The summed E-state index contributed by atoms with van der Waals surface area (Å²) in [4.78, 5) is 1.90. The van der Waals surface area contributed by atoms with Crippen molar-refractivity contribution in [3.05, 3.63) is 22.4 Å². The zero-order chi connectivity index (χ0) is 10.7. The van der Waals surface area contributed by atoms with Crippen molar-refractivity contribution in [2.75, 3.05) is 6.61 Å². The van der Waals surface area contributed by atoms with Gasteiger partial charge in [-0.25, -0.2) is 0 Å². The van der Waals surface area contributed by atoms with Crippen LogP contribution in [0.15, 0.2) is 17.5 Å². The zero-order valence-electron chi connectivity index (χ0n) is 8.57. The van der Waals surface area contributed by atoms with Gasteiger partial charge in [0.1, 0.15) is 0 Å². The molecular weight excluding hydrogens is 226 g/mol. The van der Waals surface area contributed by atoms with Gasteiger partial charge in [-0.15, -0.1) is 11.3 Å². The van der Waals surface area contributed by atoms with Crippen LogP contribution >= 0.6 is 23.6 Å². The molecule has 0 aromatic carbocycles. The second kappa shape index (κ2) is 4.60. The second-order valence-corrected chi connectivity index (χ2v) is 5.77. The summed E-state index contributed by atoms with van der Waals surface area (Å²) >= 11 is 6.67. The van der Waals surface area contributed by atoms with E-state index in [1.165, 1.54) is 17.7 Å². The predicted molar refractivity (Wildman–Crippen MR) is 67.0 cm³/mol. The third-order valence-electron chi connectivity index (χ3n) is 2.74. The molecule has 1 saturated carbocycles. The van der Waals surface area contributed by atoms with Gasteiger partial charge in [-0.3, -0.25) is 0 Å². The highest BCUT2D eigenvalue weighted by Gasteiger charge is 2.43. The maximum absolute atomic E-state index is 5.70. The fourth-order valence-corrected chi connectivity index (χ4v) is 2.63. The van der Waals surface area contributed by atoms with E-state index in [4.69, 9.17) is 22.7 Å². The number of rotatable bonds is 6. The molecular formula is C11H15NOS2. The highest BCUT2D eigenvalue weighted by atomic mass is 32.1. The Morgan fingerprint density at radius 1 is 1.60 bits per heavy atom. The number of hydrogen-bond donors (Lipinski definition) is 1. The van der Waals surface area contributed by atoms with E-state index in [1.807, 2.05) is 6.07 Å². The van der Waals surface area contributed by atoms with Crippen molar-refractivity contribution in [2.24, 2.45) is 11.1 Å². The molecule has 1 aromatic heterocycles. The fraction of sp³-hybridized carbons (Fsp3) is 0.545. The highest BCUT2D eigenvalue weighted by molar-refractivity contribution is 7.80. The Balaban J connectivity index is 1.72. The molecule has 0 spiro atoms. The smallest absolute Gasteiger partial charge is 0.0809 e. The molecule has 0 bridgehead atoms. The molecule has 1 aliphatic carbocycles. The molecule has 0 unspecified atom stereocenters. The largest absolute Gasteiger partial charge is 0.393 e. The first-order chi connectivity index (χ1) is 7.20. The Morgan fingerprint density at radius 3 is 2.93 bits per heavy atom. The minimum Gasteiger partial charge on any atom is -0.393 e. The Bertz CT molecular complexity index is 330. The van der Waals surface area contributed by atoms with Gasteiger partial charge in [0, 0.05) is 16.7 Å². The molecule has 2 nitrogen and oxygen atoms in total. The third-order valence-corrected chi connectivity index (χ3v) is 3.73. The minimum absolute atomic E-state index is 0.281. The van der Waals surface area contributed by atoms with Crippen LogP contribution in [0.5, 0.6) is 0 Å². The molecule has 4 heteroatoms. The van der Waals surface area contributed by atoms with Gasteiger partial charge >= 0.3 is 0 Å². The summed E-state index contributed by atoms with van der Waals surface area (Å²) in [6, 6.07) is 4.14. The van der Waals surface area contributed by atoms with Gasteiger partial charge in [-0.1, -0.05) is 18.3 Å². The Labute approximate surface area is 99.4 Å². The summed E-state index contributed by atoms with van der Waals surface area (Å²) in [6.45, 7) is 1.51. The van der Waals surface area contributed by atoms with Crippen LogP contribution in [-0.4, -0.2) is 11.6 Å². The van der Waals surface area contributed by atoms with Crippen LogP contribution in [0.25, 0.3) is 0 Å². The maximum Gasteiger partial charge on any atom is 0.0809 e. The summed E-state index contributed by atoms with van der Waals surface area (Å²) in [5.74, 6) is 0. The molecule has 1 aliphatic rings. The number of nitrogens with two attached hydrogens (primary N) is 1. The average molecular weight is 241 g/mol. The van der Waals surface area contributed by atoms with E-state index in [1.54, 1.807) is 11.3 Å². The van der Waals surface area contributed by atoms with Crippen LogP contribution in [0.2, 0.25) is 0 Å². The van der Waals surface area contributed by atoms with E-state index in [-0.39, 0.29) is 5.41 Å². The minimum atomic E-state index is 0.281. The lowest BCUT2D eigenvalue weighted by molar-refractivity contribution is 0.0821. The van der Waals surface area contributed by atoms with Gasteiger partial charge in [0.15, 0.2) is 0 Å². The SMILES string of the molecule is NC(=S)CC1(COCc2cccs2)CC1. The molecule has 0 saturated heterocycles. The molecule has 15 heavy (non-hydrogen) atoms. The van der Waals surface area contributed by atoms with Crippen LogP contribution in [-0.2, 0) is 11.3 Å². The Morgan fingerprint density at radius 2 is 2.40 bits per heavy atom. The first-order valence-corrected chi connectivity index (χ1v) is 6.37. The van der Waals surface area contributed by atoms with Crippen molar-refractivity contribution in [1.29, 1.82) is 0 Å². The van der Waals surface area contributed by atoms with Gasteiger partial charge < -0.3 is 10.5 Å². The van der Waals surface area contributed by atoms with Crippen molar-refractivity contribution in [3.63, 3.8) is 0 Å². The van der Waals surface area contributed by atoms with Crippen LogP contribution in [0.1, 0.15) is 24.1 Å². The number of ether oxygens (including phenoxy) is 1. The Hall–Kier alpha value is -0.450. The molecule has 0 amide bonds. The summed E-state index contributed by atoms with van der Waals surface area (Å²) in [7, 11) is 0. The third kappa shape index (κ3) is 3.26. The number of thiocarbonyl (C=S) groups is 1. The van der Waals surface area contributed by atoms with Crippen LogP contribution < -0.4 is 5.73 Å². The molecule has 0 atom stereocenters. The highest BCUT2D eigenvalue weighted by Crippen LogP contribution is 2.49. The molecule has 1 aromatic rings. The summed E-state index contributed by atoms with van der Waals surface area (Å²) < 4.78 is 5.70. The second-order valence-electron chi connectivity index (χ2n) is 4.22. The number of thiophene rings is 1. The number of hydrogen-bond acceptors (Lipinski definition) is 3. The van der Waals surface area contributed by atoms with Crippen molar-refractivity contribution in [3.8, 4) is 0 Å². The van der Waals surface area contributed by atoms with Gasteiger partial charge in [0.05, 0.1) is 18.2 Å². The van der Waals surface area contributed by atoms with Crippen molar-refractivity contribution < 1.29 is 4.74 Å². The average Bonchev–Trinajstić information content (AvgIpc) is 2.74. The standard InChI is InChI=1S/C11H15NOS2/c12-10(14)6-11(3-4-11)8-13-7-9-2-1-5-15-9/h1-2,5H,3-4,6-8H2,(H2,12,14). The normalized spacial score (nSPS) is 17.6.